The number of nitrogens with two attached hydrogens (primary N) is 1. The Morgan fingerprint density at radius 3 is 2.93 bits per heavy atom. The van der Waals surface area contributed by atoms with Crippen LogP contribution in [0.25, 0.3) is 0 Å². The highest BCUT2D eigenvalue weighted by molar-refractivity contribution is 8.00. The van der Waals surface area contributed by atoms with Crippen molar-refractivity contribution in [2.24, 2.45) is 5.73 Å². The smallest absolute Gasteiger partial charge is 0.327 e. The third-order valence-electron chi connectivity index (χ3n) is 2.92. The molecule has 0 radical (unpaired) electrons. The molecule has 15 heavy (non-hydrogen) atoms. The van der Waals surface area contributed by atoms with Gasteiger partial charge in [0.15, 0.2) is 0 Å². The molecule has 3 unspecified atom stereocenters. The van der Waals surface area contributed by atoms with Crippen LogP contribution >= 0.6 is 11.8 Å². The first-order valence-electron chi connectivity index (χ1n) is 5.03. The van der Waals surface area contributed by atoms with Gasteiger partial charge >= 0.3 is 5.97 Å². The van der Waals surface area contributed by atoms with Gasteiger partial charge in [-0.1, -0.05) is 0 Å². The van der Waals surface area contributed by atoms with Crippen molar-refractivity contribution in [2.75, 3.05) is 5.75 Å². The largest absolute Gasteiger partial charge is 0.480 e. The Labute approximate surface area is 92.0 Å². The molecule has 2 heterocycles. The lowest BCUT2D eigenvalue weighted by Crippen LogP contribution is -2.50. The number of carbonyl (C=O) groups excluding carboxylic acids is 1. The van der Waals surface area contributed by atoms with Crippen molar-refractivity contribution < 1.29 is 14.7 Å². The topological polar surface area (TPSA) is 83.6 Å². The maximum absolute atomic E-state index is 11.9. The van der Waals surface area contributed by atoms with Gasteiger partial charge in [-0.2, -0.15) is 0 Å². The molecule has 3 N–H and O–H groups in total. The second-order valence-corrected chi connectivity index (χ2v) is 5.14. The maximum atomic E-state index is 11.9. The summed E-state index contributed by atoms with van der Waals surface area (Å²) >= 11 is 1.55. The van der Waals surface area contributed by atoms with Crippen LogP contribution in [0.1, 0.15) is 19.3 Å². The molecule has 1 amide bonds. The average molecular weight is 230 g/mol. The van der Waals surface area contributed by atoms with Crippen LogP contribution in [0, 0.1) is 0 Å². The third-order valence-corrected chi connectivity index (χ3v) is 4.27. The van der Waals surface area contributed by atoms with Crippen molar-refractivity contribution in [2.45, 2.75) is 36.7 Å². The average Bonchev–Trinajstić information content (AvgIpc) is 2.55. The van der Waals surface area contributed by atoms with Crippen molar-refractivity contribution in [1.29, 1.82) is 0 Å². The van der Waals surface area contributed by atoms with E-state index in [9.17, 15) is 9.59 Å². The van der Waals surface area contributed by atoms with Gasteiger partial charge in [-0.3, -0.25) is 4.79 Å². The molecule has 0 aromatic heterocycles. The molecular weight excluding hydrogens is 216 g/mol. The standard InChI is InChI=1S/C9H14N2O3S/c10-5-2-1-3-7-11(8(5)12)6(4-15-7)9(13)14/h5-7H,1-4,10H2,(H,13,14). The summed E-state index contributed by atoms with van der Waals surface area (Å²) in [6.45, 7) is 0. The van der Waals surface area contributed by atoms with Crippen LogP contribution in [0.3, 0.4) is 0 Å². The summed E-state index contributed by atoms with van der Waals surface area (Å²) in [6, 6.07) is -1.20. The fourth-order valence-corrected chi connectivity index (χ4v) is 3.55. The number of aliphatic carboxylic acids is 1. The maximum Gasteiger partial charge on any atom is 0.327 e. The SMILES string of the molecule is NC1CCCC2SCC(C(=O)O)N2C1=O. The molecule has 84 valence electrons. The van der Waals surface area contributed by atoms with E-state index in [1.807, 2.05) is 0 Å². The number of nitrogens with zero attached hydrogens (tertiary/aromatic N) is 1. The number of carboxylic acids is 1. The minimum absolute atomic E-state index is 0.0205. The van der Waals surface area contributed by atoms with E-state index in [0.717, 1.165) is 12.8 Å². The number of amides is 1. The Hall–Kier alpha value is -0.750. The Balaban J connectivity index is 2.23. The van der Waals surface area contributed by atoms with Gasteiger partial charge in [0.1, 0.15) is 6.04 Å². The summed E-state index contributed by atoms with van der Waals surface area (Å²) in [5.74, 6) is -0.638. The molecule has 2 rings (SSSR count). The summed E-state index contributed by atoms with van der Waals surface area (Å²) in [6.07, 6.45) is 2.42. The Morgan fingerprint density at radius 1 is 1.53 bits per heavy atom. The van der Waals surface area contributed by atoms with E-state index >= 15 is 0 Å². The van der Waals surface area contributed by atoms with Crippen molar-refractivity contribution in [3.8, 4) is 0 Å². The van der Waals surface area contributed by atoms with Crippen LogP contribution in [-0.4, -0.2) is 45.1 Å². The van der Waals surface area contributed by atoms with Crippen LogP contribution in [0.15, 0.2) is 0 Å². The summed E-state index contributed by atoms with van der Waals surface area (Å²) in [5.41, 5.74) is 5.70. The second kappa shape index (κ2) is 4.02. The van der Waals surface area contributed by atoms with E-state index in [2.05, 4.69) is 0 Å². The van der Waals surface area contributed by atoms with Gasteiger partial charge in [0, 0.05) is 5.75 Å². The highest BCUT2D eigenvalue weighted by Crippen LogP contribution is 2.35. The molecule has 0 aromatic rings. The Bertz CT molecular complexity index is 297. The molecule has 0 spiro atoms. The Kier molecular flexibility index (Phi) is 2.88. The van der Waals surface area contributed by atoms with Crippen molar-refractivity contribution in [1.82, 2.24) is 4.90 Å². The summed E-state index contributed by atoms with van der Waals surface area (Å²) < 4.78 is 0. The number of carboxylic acid groups (broad SMARTS) is 1. The molecule has 0 saturated carbocycles. The molecule has 6 heteroatoms. The number of carbonyl (C=O) groups is 2. The van der Waals surface area contributed by atoms with Crippen LogP contribution in [0.4, 0.5) is 0 Å². The third kappa shape index (κ3) is 1.83. The zero-order valence-electron chi connectivity index (χ0n) is 8.26. The van der Waals surface area contributed by atoms with E-state index in [1.165, 1.54) is 4.90 Å². The minimum atomic E-state index is -0.924. The molecule has 3 atom stereocenters. The molecule has 2 saturated heterocycles. The molecule has 5 nitrogen and oxygen atoms in total. The number of hydrogen-bond acceptors (Lipinski definition) is 4. The molecule has 2 aliphatic heterocycles. The predicted molar refractivity (Wildman–Crippen MR) is 56.3 cm³/mol. The molecule has 2 fully saturated rings. The first-order chi connectivity index (χ1) is 7.11. The van der Waals surface area contributed by atoms with Gasteiger partial charge in [-0.05, 0) is 19.3 Å². The minimum Gasteiger partial charge on any atom is -0.480 e. The van der Waals surface area contributed by atoms with Crippen molar-refractivity contribution in [3.05, 3.63) is 0 Å². The van der Waals surface area contributed by atoms with E-state index in [-0.39, 0.29) is 11.3 Å². The van der Waals surface area contributed by atoms with Gasteiger partial charge in [0.2, 0.25) is 5.91 Å². The van der Waals surface area contributed by atoms with Gasteiger partial charge in [-0.15, -0.1) is 11.8 Å². The first-order valence-corrected chi connectivity index (χ1v) is 6.08. The monoisotopic (exact) mass is 230 g/mol. The summed E-state index contributed by atoms with van der Waals surface area (Å²) in [4.78, 5) is 24.3. The number of thioether (sulfide) groups is 1. The van der Waals surface area contributed by atoms with E-state index < -0.39 is 18.1 Å². The fraction of sp³-hybridized carbons (Fsp3) is 0.778. The first kappa shape index (κ1) is 10.8. The van der Waals surface area contributed by atoms with Crippen LogP contribution < -0.4 is 5.73 Å². The fourth-order valence-electron chi connectivity index (χ4n) is 2.10. The second-order valence-electron chi connectivity index (χ2n) is 3.92. The van der Waals surface area contributed by atoms with E-state index in [1.54, 1.807) is 11.8 Å². The van der Waals surface area contributed by atoms with Gasteiger partial charge in [-0.25, -0.2) is 4.79 Å². The van der Waals surface area contributed by atoms with Crippen LogP contribution in [-0.2, 0) is 9.59 Å². The summed E-state index contributed by atoms with van der Waals surface area (Å²) in [5, 5.41) is 9.02. The lowest BCUT2D eigenvalue weighted by atomic mass is 10.1. The molecule has 0 aliphatic carbocycles. The van der Waals surface area contributed by atoms with Gasteiger partial charge in [0.05, 0.1) is 11.4 Å². The highest BCUT2D eigenvalue weighted by Gasteiger charge is 2.44. The van der Waals surface area contributed by atoms with Crippen LogP contribution in [0.2, 0.25) is 0 Å². The predicted octanol–water partition coefficient (Wildman–Crippen LogP) is -0.148. The molecule has 0 aromatic carbocycles. The highest BCUT2D eigenvalue weighted by atomic mass is 32.2. The lowest BCUT2D eigenvalue weighted by molar-refractivity contribution is -0.149. The number of fused-ring (bicyclic) bond motifs is 1. The lowest BCUT2D eigenvalue weighted by Gasteiger charge is -2.26. The molecular formula is C9H14N2O3S. The van der Waals surface area contributed by atoms with Gasteiger partial charge < -0.3 is 15.7 Å². The van der Waals surface area contributed by atoms with E-state index in [0.29, 0.717) is 12.2 Å². The van der Waals surface area contributed by atoms with Crippen molar-refractivity contribution >= 4 is 23.6 Å². The quantitative estimate of drug-likeness (QED) is 0.654. The zero-order valence-corrected chi connectivity index (χ0v) is 9.07. The number of hydrogen-bond donors (Lipinski definition) is 2. The van der Waals surface area contributed by atoms with Crippen molar-refractivity contribution in [3.63, 3.8) is 0 Å². The molecule has 2 aliphatic rings. The Morgan fingerprint density at radius 2 is 2.27 bits per heavy atom. The van der Waals surface area contributed by atoms with Crippen LogP contribution in [0.5, 0.6) is 0 Å². The zero-order chi connectivity index (χ0) is 11.0. The normalized spacial score (nSPS) is 36.2. The summed E-state index contributed by atoms with van der Waals surface area (Å²) in [7, 11) is 0. The van der Waals surface area contributed by atoms with Gasteiger partial charge in [0.25, 0.3) is 0 Å². The number of rotatable bonds is 1. The molecule has 0 bridgehead atoms. The van der Waals surface area contributed by atoms with E-state index in [4.69, 9.17) is 10.8 Å².